The molecule has 0 aliphatic carbocycles. The van der Waals surface area contributed by atoms with Crippen LogP contribution in [0, 0.1) is 6.92 Å². The van der Waals surface area contributed by atoms with Crippen molar-refractivity contribution in [2.75, 3.05) is 26.1 Å². The average molecular weight is 420 g/mol. The molecule has 162 valence electrons. The maximum Gasteiger partial charge on any atom is 0.165 e. The number of carbonyl (C=O) groups is 1. The van der Waals surface area contributed by atoms with Gasteiger partial charge >= 0.3 is 0 Å². The Labute approximate surface area is 184 Å². The van der Waals surface area contributed by atoms with Gasteiger partial charge in [-0.15, -0.1) is 0 Å². The van der Waals surface area contributed by atoms with Crippen molar-refractivity contribution in [1.29, 1.82) is 0 Å². The van der Waals surface area contributed by atoms with E-state index in [1.54, 1.807) is 32.4 Å². The van der Waals surface area contributed by atoms with Gasteiger partial charge in [0.05, 0.1) is 26.9 Å². The minimum atomic E-state index is -0.181. The first kappa shape index (κ1) is 22.2. The number of hydrogen-bond acceptors (Lipinski definition) is 5. The van der Waals surface area contributed by atoms with Crippen LogP contribution in [-0.4, -0.2) is 26.6 Å². The summed E-state index contributed by atoms with van der Waals surface area (Å²) in [4.78, 5) is 13.1. The Kier molecular flexibility index (Phi) is 7.55. The molecular weight excluding hydrogens is 390 g/mol. The van der Waals surface area contributed by atoms with Crippen LogP contribution in [0.25, 0.3) is 0 Å². The van der Waals surface area contributed by atoms with Gasteiger partial charge in [-0.1, -0.05) is 29.8 Å². The van der Waals surface area contributed by atoms with Gasteiger partial charge in [0.1, 0.15) is 5.75 Å². The van der Waals surface area contributed by atoms with E-state index in [0.29, 0.717) is 30.1 Å². The molecule has 0 aliphatic rings. The zero-order chi connectivity index (χ0) is 22.2. The number of hydrogen-bond donors (Lipinski definition) is 1. The quantitative estimate of drug-likeness (QED) is 0.419. The lowest BCUT2D eigenvalue weighted by Gasteiger charge is -2.21. The SMILES string of the molecule is CCOc1ccc(NC(CC(=O)c2ccc(OC)c(OC)c2)c2ccc(C)cc2)cc1. The molecule has 31 heavy (non-hydrogen) atoms. The van der Waals surface area contributed by atoms with Crippen LogP contribution in [0.15, 0.2) is 66.7 Å². The molecular formula is C26H29NO4. The van der Waals surface area contributed by atoms with Crippen molar-refractivity contribution >= 4 is 11.5 Å². The molecule has 0 saturated carbocycles. The lowest BCUT2D eigenvalue weighted by molar-refractivity contribution is 0.0976. The molecule has 3 aromatic rings. The summed E-state index contributed by atoms with van der Waals surface area (Å²) in [5.41, 5.74) is 3.74. The van der Waals surface area contributed by atoms with Crippen LogP contribution in [-0.2, 0) is 0 Å². The van der Waals surface area contributed by atoms with Crippen LogP contribution in [0.2, 0.25) is 0 Å². The number of carbonyl (C=O) groups excluding carboxylic acids is 1. The topological polar surface area (TPSA) is 56.8 Å². The number of Topliss-reactive ketones (excluding diaryl/α,β-unsaturated/α-hetero) is 1. The number of ether oxygens (including phenoxy) is 3. The van der Waals surface area contributed by atoms with E-state index in [2.05, 4.69) is 29.6 Å². The number of nitrogens with one attached hydrogen (secondary N) is 1. The van der Waals surface area contributed by atoms with Crippen LogP contribution in [0.1, 0.15) is 40.9 Å². The van der Waals surface area contributed by atoms with Gasteiger partial charge in [-0.2, -0.15) is 0 Å². The van der Waals surface area contributed by atoms with Gasteiger partial charge in [-0.05, 0) is 61.9 Å². The summed E-state index contributed by atoms with van der Waals surface area (Å²) in [7, 11) is 3.14. The fourth-order valence-electron chi connectivity index (χ4n) is 3.38. The van der Waals surface area contributed by atoms with Gasteiger partial charge in [0.15, 0.2) is 17.3 Å². The summed E-state index contributed by atoms with van der Waals surface area (Å²) in [6, 6.07) is 21.1. The number of methoxy groups -OCH3 is 2. The summed E-state index contributed by atoms with van der Waals surface area (Å²) < 4.78 is 16.2. The zero-order valence-corrected chi connectivity index (χ0v) is 18.5. The monoisotopic (exact) mass is 419 g/mol. The summed E-state index contributed by atoms with van der Waals surface area (Å²) in [5, 5.41) is 3.50. The highest BCUT2D eigenvalue weighted by Gasteiger charge is 2.19. The number of ketones is 1. The van der Waals surface area contributed by atoms with Gasteiger partial charge in [0.25, 0.3) is 0 Å². The summed E-state index contributed by atoms with van der Waals surface area (Å²) in [6.45, 7) is 4.63. The van der Waals surface area contributed by atoms with Crippen LogP contribution in [0.5, 0.6) is 17.2 Å². The number of aryl methyl sites for hydroxylation is 1. The first-order valence-corrected chi connectivity index (χ1v) is 10.3. The van der Waals surface area contributed by atoms with Crippen LogP contribution >= 0.6 is 0 Å². The number of rotatable bonds is 10. The molecule has 0 saturated heterocycles. The Hall–Kier alpha value is -3.47. The molecule has 5 nitrogen and oxygen atoms in total. The highest BCUT2D eigenvalue weighted by atomic mass is 16.5. The fourth-order valence-corrected chi connectivity index (χ4v) is 3.38. The van der Waals surface area contributed by atoms with Crippen LogP contribution < -0.4 is 19.5 Å². The Morgan fingerprint density at radius 2 is 1.58 bits per heavy atom. The van der Waals surface area contributed by atoms with Crippen molar-refractivity contribution in [3.05, 3.63) is 83.4 Å². The van der Waals surface area contributed by atoms with E-state index in [-0.39, 0.29) is 11.8 Å². The van der Waals surface area contributed by atoms with Crippen molar-refractivity contribution in [3.63, 3.8) is 0 Å². The maximum absolute atomic E-state index is 13.1. The third kappa shape index (κ3) is 5.79. The van der Waals surface area contributed by atoms with Crippen molar-refractivity contribution in [2.24, 2.45) is 0 Å². The largest absolute Gasteiger partial charge is 0.494 e. The number of benzene rings is 3. The number of anilines is 1. The Balaban J connectivity index is 1.84. The molecule has 0 spiro atoms. The molecule has 3 rings (SSSR count). The maximum atomic E-state index is 13.1. The van der Waals surface area contributed by atoms with Gasteiger partial charge < -0.3 is 19.5 Å². The van der Waals surface area contributed by atoms with Crippen LogP contribution in [0.3, 0.4) is 0 Å². The Bertz CT molecular complexity index is 997. The van der Waals surface area contributed by atoms with E-state index in [1.165, 1.54) is 5.56 Å². The third-order valence-electron chi connectivity index (χ3n) is 5.08. The molecule has 0 amide bonds. The van der Waals surface area contributed by atoms with E-state index in [0.717, 1.165) is 17.0 Å². The van der Waals surface area contributed by atoms with Gasteiger partial charge in [0, 0.05) is 17.7 Å². The zero-order valence-electron chi connectivity index (χ0n) is 18.5. The molecule has 0 radical (unpaired) electrons. The van der Waals surface area contributed by atoms with E-state index in [4.69, 9.17) is 14.2 Å². The minimum Gasteiger partial charge on any atom is -0.494 e. The summed E-state index contributed by atoms with van der Waals surface area (Å²) in [5.74, 6) is 1.98. The lowest BCUT2D eigenvalue weighted by atomic mass is 9.96. The standard InChI is InChI=1S/C26H29NO4/c1-5-31-22-13-11-21(12-14-22)27-23(19-8-6-18(2)7-9-19)17-24(28)20-10-15-25(29-3)26(16-20)30-4/h6-16,23,27H,5,17H2,1-4H3. The normalized spacial score (nSPS) is 11.5. The molecule has 1 unspecified atom stereocenters. The second-order valence-corrected chi connectivity index (χ2v) is 7.26. The minimum absolute atomic E-state index is 0.0185. The van der Waals surface area contributed by atoms with Gasteiger partial charge in [0.2, 0.25) is 0 Å². The molecule has 1 N–H and O–H groups in total. The molecule has 0 fully saturated rings. The predicted molar refractivity (Wildman–Crippen MR) is 124 cm³/mol. The molecule has 5 heteroatoms. The highest BCUT2D eigenvalue weighted by molar-refractivity contribution is 5.97. The molecule has 0 heterocycles. The fraction of sp³-hybridized carbons (Fsp3) is 0.269. The summed E-state index contributed by atoms with van der Waals surface area (Å²) >= 11 is 0. The molecule has 0 aliphatic heterocycles. The van der Waals surface area contributed by atoms with Crippen molar-refractivity contribution in [1.82, 2.24) is 0 Å². The van der Waals surface area contributed by atoms with Crippen LogP contribution in [0.4, 0.5) is 5.69 Å². The smallest absolute Gasteiger partial charge is 0.165 e. The van der Waals surface area contributed by atoms with E-state index >= 15 is 0 Å². The second kappa shape index (κ2) is 10.5. The summed E-state index contributed by atoms with van der Waals surface area (Å²) in [6.07, 6.45) is 0.297. The molecule has 0 aromatic heterocycles. The molecule has 3 aromatic carbocycles. The third-order valence-corrected chi connectivity index (χ3v) is 5.08. The van der Waals surface area contributed by atoms with E-state index in [9.17, 15) is 4.79 Å². The highest BCUT2D eigenvalue weighted by Crippen LogP contribution is 2.30. The first-order chi connectivity index (χ1) is 15.0. The molecule has 1 atom stereocenters. The molecule has 0 bridgehead atoms. The van der Waals surface area contributed by atoms with E-state index in [1.807, 2.05) is 38.1 Å². The predicted octanol–water partition coefficient (Wildman–Crippen LogP) is 5.84. The van der Waals surface area contributed by atoms with Crippen molar-refractivity contribution in [3.8, 4) is 17.2 Å². The second-order valence-electron chi connectivity index (χ2n) is 7.26. The first-order valence-electron chi connectivity index (χ1n) is 10.3. The Morgan fingerprint density at radius 3 is 2.19 bits per heavy atom. The lowest BCUT2D eigenvalue weighted by Crippen LogP contribution is -2.16. The Morgan fingerprint density at radius 1 is 0.903 bits per heavy atom. The van der Waals surface area contributed by atoms with Gasteiger partial charge in [-0.25, -0.2) is 0 Å². The van der Waals surface area contributed by atoms with Crippen molar-refractivity contribution < 1.29 is 19.0 Å². The van der Waals surface area contributed by atoms with Crippen molar-refractivity contribution in [2.45, 2.75) is 26.3 Å². The van der Waals surface area contributed by atoms with Gasteiger partial charge in [-0.3, -0.25) is 4.79 Å². The van der Waals surface area contributed by atoms with E-state index < -0.39 is 0 Å². The average Bonchev–Trinajstić information content (AvgIpc) is 2.80.